The van der Waals surface area contributed by atoms with Gasteiger partial charge in [-0.3, -0.25) is 4.99 Å². The monoisotopic (exact) mass is 401 g/mol. The number of aryl methyl sites for hydroxylation is 1. The Morgan fingerprint density at radius 3 is 2.65 bits per heavy atom. The summed E-state index contributed by atoms with van der Waals surface area (Å²) >= 11 is 9.27. The van der Waals surface area contributed by atoms with Crippen LogP contribution in [0.25, 0.3) is 0 Å². The second-order valence-electron chi connectivity index (χ2n) is 5.46. The molecule has 0 saturated carbocycles. The van der Waals surface area contributed by atoms with Gasteiger partial charge in [-0.2, -0.15) is 0 Å². The molecule has 1 aromatic heterocycles. The van der Waals surface area contributed by atoms with E-state index < -0.39 is 0 Å². The Bertz CT molecular complexity index is 949. The van der Waals surface area contributed by atoms with Crippen molar-refractivity contribution in [2.24, 2.45) is 4.99 Å². The first-order chi connectivity index (χ1) is 12.5. The zero-order valence-corrected chi connectivity index (χ0v) is 16.6. The molecular formula is C20H16ClNO2S2. The Balaban J connectivity index is 1.74. The van der Waals surface area contributed by atoms with E-state index in [-0.39, 0.29) is 5.97 Å². The van der Waals surface area contributed by atoms with Crippen molar-refractivity contribution in [3.8, 4) is 0 Å². The summed E-state index contributed by atoms with van der Waals surface area (Å²) in [5.74, 6) is -0.362. The van der Waals surface area contributed by atoms with E-state index in [9.17, 15) is 4.79 Å². The van der Waals surface area contributed by atoms with Gasteiger partial charge in [-0.1, -0.05) is 29.4 Å². The van der Waals surface area contributed by atoms with Gasteiger partial charge in [0.05, 0.1) is 22.6 Å². The Kier molecular flexibility index (Phi) is 6.14. The molecule has 0 unspecified atom stereocenters. The zero-order chi connectivity index (χ0) is 18.5. The Morgan fingerprint density at radius 2 is 1.92 bits per heavy atom. The van der Waals surface area contributed by atoms with Crippen LogP contribution in [0, 0.1) is 6.92 Å². The van der Waals surface area contributed by atoms with Crippen LogP contribution in [0.5, 0.6) is 0 Å². The van der Waals surface area contributed by atoms with Crippen LogP contribution in [0.3, 0.4) is 0 Å². The number of benzene rings is 2. The van der Waals surface area contributed by atoms with E-state index in [1.807, 2.05) is 49.5 Å². The second kappa shape index (κ2) is 8.54. The normalized spacial score (nSPS) is 11.0. The van der Waals surface area contributed by atoms with Gasteiger partial charge in [-0.05, 0) is 61.0 Å². The van der Waals surface area contributed by atoms with Crippen LogP contribution in [0.2, 0.25) is 5.02 Å². The number of nitrogens with zero attached hydrogens (tertiary/aromatic N) is 1. The van der Waals surface area contributed by atoms with Gasteiger partial charge in [0, 0.05) is 21.0 Å². The van der Waals surface area contributed by atoms with Crippen molar-refractivity contribution < 1.29 is 9.53 Å². The smallest absolute Gasteiger partial charge is 0.337 e. The number of ether oxygens (including phenoxy) is 1. The first-order valence-corrected chi connectivity index (χ1v) is 9.82. The maximum absolute atomic E-state index is 11.7. The van der Waals surface area contributed by atoms with Crippen LogP contribution in [-0.4, -0.2) is 19.3 Å². The summed E-state index contributed by atoms with van der Waals surface area (Å²) in [6.07, 6.45) is 1.82. The number of carbonyl (C=O) groups is 1. The minimum Gasteiger partial charge on any atom is -0.465 e. The number of aliphatic imine (C=N–C) groups is 1. The molecule has 0 bridgehead atoms. The van der Waals surface area contributed by atoms with Crippen LogP contribution >= 0.6 is 34.7 Å². The molecule has 3 rings (SSSR count). The highest BCUT2D eigenvalue weighted by atomic mass is 35.5. The van der Waals surface area contributed by atoms with E-state index in [4.69, 9.17) is 16.3 Å². The Morgan fingerprint density at radius 1 is 1.15 bits per heavy atom. The standard InChI is InChI=1S/C20H16ClNO2S2/c1-13-3-4-14(20(23)24-2)11-18(13)22-12-17-9-10-19(26-17)25-16-7-5-15(21)6-8-16/h3-12H,1-2H3. The van der Waals surface area contributed by atoms with Crippen molar-refractivity contribution >= 4 is 52.6 Å². The molecule has 3 aromatic rings. The van der Waals surface area contributed by atoms with Crippen molar-refractivity contribution in [2.75, 3.05) is 7.11 Å². The van der Waals surface area contributed by atoms with E-state index in [2.05, 4.69) is 11.1 Å². The molecule has 1 heterocycles. The zero-order valence-electron chi connectivity index (χ0n) is 14.2. The van der Waals surface area contributed by atoms with Gasteiger partial charge in [0.2, 0.25) is 0 Å². The van der Waals surface area contributed by atoms with Crippen LogP contribution in [0.1, 0.15) is 20.8 Å². The number of hydrogen-bond donors (Lipinski definition) is 0. The summed E-state index contributed by atoms with van der Waals surface area (Å²) in [5, 5.41) is 0.734. The lowest BCUT2D eigenvalue weighted by atomic mass is 10.1. The molecule has 0 aliphatic carbocycles. The molecule has 132 valence electrons. The molecule has 2 aromatic carbocycles. The fourth-order valence-corrected chi connectivity index (χ4v) is 4.32. The number of halogens is 1. The van der Waals surface area contributed by atoms with E-state index in [0.717, 1.165) is 26.0 Å². The lowest BCUT2D eigenvalue weighted by Gasteiger charge is -2.03. The SMILES string of the molecule is COC(=O)c1ccc(C)c(N=Cc2ccc(Sc3ccc(Cl)cc3)s2)c1. The quantitative estimate of drug-likeness (QED) is 0.366. The molecule has 0 amide bonds. The fraction of sp³-hybridized carbons (Fsp3) is 0.100. The van der Waals surface area contributed by atoms with Crippen molar-refractivity contribution in [3.05, 3.63) is 75.6 Å². The number of hydrogen-bond acceptors (Lipinski definition) is 5. The van der Waals surface area contributed by atoms with Gasteiger partial charge in [0.1, 0.15) is 0 Å². The van der Waals surface area contributed by atoms with E-state index in [1.165, 1.54) is 11.3 Å². The van der Waals surface area contributed by atoms with Gasteiger partial charge in [-0.15, -0.1) is 11.3 Å². The first-order valence-electron chi connectivity index (χ1n) is 7.81. The lowest BCUT2D eigenvalue weighted by Crippen LogP contribution is -2.00. The summed E-state index contributed by atoms with van der Waals surface area (Å²) in [5.41, 5.74) is 2.25. The van der Waals surface area contributed by atoms with Gasteiger partial charge in [0.15, 0.2) is 0 Å². The molecule has 26 heavy (non-hydrogen) atoms. The minimum atomic E-state index is -0.362. The predicted octanol–water partition coefficient (Wildman–Crippen LogP) is 6.40. The molecule has 0 saturated heterocycles. The van der Waals surface area contributed by atoms with Crippen LogP contribution in [0.15, 0.2) is 68.7 Å². The maximum atomic E-state index is 11.7. The van der Waals surface area contributed by atoms with Crippen molar-refractivity contribution in [1.82, 2.24) is 0 Å². The molecule has 0 radical (unpaired) electrons. The third kappa shape index (κ3) is 4.75. The lowest BCUT2D eigenvalue weighted by molar-refractivity contribution is 0.0601. The Labute approximate surface area is 165 Å². The molecule has 0 spiro atoms. The van der Waals surface area contributed by atoms with E-state index in [0.29, 0.717) is 5.56 Å². The summed E-state index contributed by atoms with van der Waals surface area (Å²) in [6.45, 7) is 1.96. The Hall–Kier alpha value is -2.08. The summed E-state index contributed by atoms with van der Waals surface area (Å²) < 4.78 is 5.94. The molecule has 3 nitrogen and oxygen atoms in total. The highest BCUT2D eigenvalue weighted by molar-refractivity contribution is 8.01. The molecule has 0 fully saturated rings. The molecule has 0 aliphatic rings. The number of carbonyl (C=O) groups excluding carboxylic acids is 1. The molecule has 6 heteroatoms. The number of methoxy groups -OCH3 is 1. The summed E-state index contributed by atoms with van der Waals surface area (Å²) in [7, 11) is 1.37. The first kappa shape index (κ1) is 18.7. The van der Waals surface area contributed by atoms with Gasteiger partial charge < -0.3 is 4.74 Å². The third-order valence-corrected chi connectivity index (χ3v) is 6.01. The van der Waals surface area contributed by atoms with E-state index >= 15 is 0 Å². The number of esters is 1. The highest BCUT2D eigenvalue weighted by Crippen LogP contribution is 2.33. The molecule has 0 atom stereocenters. The summed E-state index contributed by atoms with van der Waals surface area (Å²) in [4.78, 5) is 18.4. The van der Waals surface area contributed by atoms with Gasteiger partial charge in [0.25, 0.3) is 0 Å². The van der Waals surface area contributed by atoms with Crippen molar-refractivity contribution in [3.63, 3.8) is 0 Å². The second-order valence-corrected chi connectivity index (χ2v) is 8.39. The van der Waals surface area contributed by atoms with Crippen LogP contribution in [-0.2, 0) is 4.74 Å². The van der Waals surface area contributed by atoms with Crippen molar-refractivity contribution in [1.29, 1.82) is 0 Å². The third-order valence-electron chi connectivity index (χ3n) is 3.60. The minimum absolute atomic E-state index is 0.362. The molecule has 0 N–H and O–H groups in total. The average Bonchev–Trinajstić information content (AvgIpc) is 3.09. The van der Waals surface area contributed by atoms with Crippen LogP contribution in [0.4, 0.5) is 5.69 Å². The predicted molar refractivity (Wildman–Crippen MR) is 110 cm³/mol. The highest BCUT2D eigenvalue weighted by Gasteiger charge is 2.07. The topological polar surface area (TPSA) is 38.7 Å². The van der Waals surface area contributed by atoms with Gasteiger partial charge in [-0.25, -0.2) is 4.79 Å². The maximum Gasteiger partial charge on any atom is 0.337 e. The average molecular weight is 402 g/mol. The van der Waals surface area contributed by atoms with E-state index in [1.54, 1.807) is 35.2 Å². The molecule has 0 aliphatic heterocycles. The molecular weight excluding hydrogens is 386 g/mol. The summed E-state index contributed by atoms with van der Waals surface area (Å²) in [6, 6.07) is 17.2. The number of thiophene rings is 1. The fourth-order valence-electron chi connectivity index (χ4n) is 2.20. The largest absolute Gasteiger partial charge is 0.465 e. The van der Waals surface area contributed by atoms with Crippen molar-refractivity contribution in [2.45, 2.75) is 16.0 Å². The number of rotatable bonds is 5. The van der Waals surface area contributed by atoms with Crippen LogP contribution < -0.4 is 0 Å². The van der Waals surface area contributed by atoms with Gasteiger partial charge >= 0.3 is 5.97 Å².